The highest BCUT2D eigenvalue weighted by Gasteiger charge is 1.99. The van der Waals surface area contributed by atoms with Crippen LogP contribution in [0.15, 0.2) is 22.7 Å². The third kappa shape index (κ3) is 6.65. The molecule has 102 valence electrons. The van der Waals surface area contributed by atoms with Crippen molar-refractivity contribution in [1.82, 2.24) is 0 Å². The maximum absolute atomic E-state index is 6.13. The maximum Gasteiger partial charge on any atom is 0.0648 e. The smallest absolute Gasteiger partial charge is 0.0648 e. The number of hydrogen-bond donors (Lipinski definition) is 1. The van der Waals surface area contributed by atoms with E-state index in [4.69, 9.17) is 11.6 Å². The molecule has 18 heavy (non-hydrogen) atoms. The fourth-order valence-corrected chi connectivity index (χ4v) is 2.68. The lowest BCUT2D eigenvalue weighted by Crippen LogP contribution is -2.01. The molecule has 0 aromatic heterocycles. The summed E-state index contributed by atoms with van der Waals surface area (Å²) >= 11 is 9.54. The second kappa shape index (κ2) is 9.69. The largest absolute Gasteiger partial charge is 0.384 e. The quantitative estimate of drug-likeness (QED) is 0.526. The molecule has 0 saturated carbocycles. The summed E-state index contributed by atoms with van der Waals surface area (Å²) < 4.78 is 1.02. The third-order valence-corrected chi connectivity index (χ3v) is 3.83. The van der Waals surface area contributed by atoms with Crippen LogP contribution >= 0.6 is 27.5 Å². The molecule has 3 heteroatoms. The van der Waals surface area contributed by atoms with Crippen LogP contribution in [-0.4, -0.2) is 6.54 Å². The molecule has 0 radical (unpaired) electrons. The number of halogens is 2. The second-order valence-corrected chi connectivity index (χ2v) is 6.00. The number of rotatable bonds is 9. The molecule has 0 fully saturated rings. The Balaban J connectivity index is 2.07. The zero-order valence-electron chi connectivity index (χ0n) is 11.1. The molecule has 1 rings (SSSR count). The molecule has 0 aliphatic rings. The molecule has 0 atom stereocenters. The second-order valence-electron chi connectivity index (χ2n) is 4.67. The minimum atomic E-state index is 0.785. The summed E-state index contributed by atoms with van der Waals surface area (Å²) in [5, 5.41) is 4.17. The average molecular weight is 333 g/mol. The Labute approximate surface area is 124 Å². The minimum absolute atomic E-state index is 0.785. The third-order valence-electron chi connectivity index (χ3n) is 3.03. The van der Waals surface area contributed by atoms with Gasteiger partial charge in [0.05, 0.1) is 10.7 Å². The lowest BCUT2D eigenvalue weighted by Gasteiger charge is -2.08. The van der Waals surface area contributed by atoms with Gasteiger partial charge < -0.3 is 5.32 Å². The van der Waals surface area contributed by atoms with Crippen molar-refractivity contribution in [3.63, 3.8) is 0 Å². The first-order chi connectivity index (χ1) is 8.74. The van der Waals surface area contributed by atoms with Crippen LogP contribution in [0.3, 0.4) is 0 Å². The summed E-state index contributed by atoms with van der Waals surface area (Å²) in [5.41, 5.74) is 1.03. The van der Waals surface area contributed by atoms with E-state index in [1.807, 2.05) is 18.2 Å². The van der Waals surface area contributed by atoms with E-state index < -0.39 is 0 Å². The van der Waals surface area contributed by atoms with Gasteiger partial charge in [-0.05, 0) is 24.6 Å². The predicted molar refractivity (Wildman–Crippen MR) is 85.6 cm³/mol. The lowest BCUT2D eigenvalue weighted by molar-refractivity contribution is 0.596. The van der Waals surface area contributed by atoms with Crippen molar-refractivity contribution < 1.29 is 0 Å². The summed E-state index contributed by atoms with van der Waals surface area (Å²) in [4.78, 5) is 0. The van der Waals surface area contributed by atoms with E-state index in [1.54, 1.807) is 0 Å². The molecule has 0 unspecified atom stereocenters. The van der Waals surface area contributed by atoms with Gasteiger partial charge in [-0.1, -0.05) is 73.0 Å². The van der Waals surface area contributed by atoms with Gasteiger partial charge in [0.25, 0.3) is 0 Å². The van der Waals surface area contributed by atoms with Gasteiger partial charge in [0.1, 0.15) is 0 Å². The summed E-state index contributed by atoms with van der Waals surface area (Å²) in [7, 11) is 0. The normalized spacial score (nSPS) is 10.6. The van der Waals surface area contributed by atoms with Crippen molar-refractivity contribution in [1.29, 1.82) is 0 Å². The Morgan fingerprint density at radius 1 is 1.06 bits per heavy atom. The average Bonchev–Trinajstić information content (AvgIpc) is 2.35. The van der Waals surface area contributed by atoms with Crippen LogP contribution in [0.25, 0.3) is 0 Å². The number of hydrogen-bond acceptors (Lipinski definition) is 1. The molecule has 1 N–H and O–H groups in total. The van der Waals surface area contributed by atoms with Crippen LogP contribution in [0.4, 0.5) is 5.69 Å². The highest BCUT2D eigenvalue weighted by atomic mass is 79.9. The predicted octanol–water partition coefficient (Wildman–Crippen LogP) is 6.27. The summed E-state index contributed by atoms with van der Waals surface area (Å²) in [6.07, 6.45) is 9.37. The van der Waals surface area contributed by atoms with E-state index >= 15 is 0 Å². The molecule has 0 spiro atoms. The van der Waals surface area contributed by atoms with Gasteiger partial charge >= 0.3 is 0 Å². The van der Waals surface area contributed by atoms with Gasteiger partial charge in [-0.3, -0.25) is 0 Å². The van der Waals surface area contributed by atoms with E-state index in [9.17, 15) is 0 Å². The first-order valence-corrected chi connectivity index (χ1v) is 8.10. The number of nitrogens with one attached hydrogen (secondary N) is 1. The highest BCUT2D eigenvalue weighted by molar-refractivity contribution is 9.10. The summed E-state index contributed by atoms with van der Waals surface area (Å²) in [6.45, 7) is 3.26. The van der Waals surface area contributed by atoms with E-state index in [0.29, 0.717) is 0 Å². The number of unbranched alkanes of at least 4 members (excludes halogenated alkanes) is 6. The van der Waals surface area contributed by atoms with E-state index in [2.05, 4.69) is 28.2 Å². The van der Waals surface area contributed by atoms with Gasteiger partial charge in [0, 0.05) is 11.0 Å². The molecular formula is C15H23BrClN. The molecule has 0 aliphatic carbocycles. The van der Waals surface area contributed by atoms with Gasteiger partial charge in [-0.2, -0.15) is 0 Å². The van der Waals surface area contributed by atoms with Crippen molar-refractivity contribution in [3.8, 4) is 0 Å². The first kappa shape index (κ1) is 15.8. The van der Waals surface area contributed by atoms with Crippen LogP contribution < -0.4 is 5.32 Å². The van der Waals surface area contributed by atoms with Crippen LogP contribution in [0.5, 0.6) is 0 Å². The number of benzene rings is 1. The Bertz CT molecular complexity index is 341. The zero-order valence-corrected chi connectivity index (χ0v) is 13.5. The van der Waals surface area contributed by atoms with Crippen LogP contribution in [0.1, 0.15) is 51.9 Å². The fraction of sp³-hybridized carbons (Fsp3) is 0.600. The topological polar surface area (TPSA) is 12.0 Å². The van der Waals surface area contributed by atoms with E-state index in [0.717, 1.165) is 21.7 Å². The standard InChI is InChI=1S/C15H23BrClN/c1-2-3-4-5-6-7-8-11-18-15-10-9-13(16)12-14(15)17/h9-10,12,18H,2-8,11H2,1H3. The monoisotopic (exact) mass is 331 g/mol. The minimum Gasteiger partial charge on any atom is -0.384 e. The van der Waals surface area contributed by atoms with Gasteiger partial charge in [0.2, 0.25) is 0 Å². The van der Waals surface area contributed by atoms with Crippen molar-refractivity contribution in [2.24, 2.45) is 0 Å². The van der Waals surface area contributed by atoms with Crippen molar-refractivity contribution >= 4 is 33.2 Å². The van der Waals surface area contributed by atoms with Crippen LogP contribution in [0.2, 0.25) is 5.02 Å². The van der Waals surface area contributed by atoms with E-state index in [-0.39, 0.29) is 0 Å². The molecule has 1 aromatic carbocycles. The Morgan fingerprint density at radius 2 is 1.72 bits per heavy atom. The molecule has 0 amide bonds. The fourth-order valence-electron chi connectivity index (χ4n) is 1.94. The van der Waals surface area contributed by atoms with Crippen molar-refractivity contribution in [2.45, 2.75) is 51.9 Å². The van der Waals surface area contributed by atoms with Gasteiger partial charge in [0.15, 0.2) is 0 Å². The Hall–Kier alpha value is -0.210. The SMILES string of the molecule is CCCCCCCCCNc1ccc(Br)cc1Cl. The summed E-state index contributed by atoms with van der Waals surface area (Å²) in [6, 6.07) is 5.96. The van der Waals surface area contributed by atoms with Crippen molar-refractivity contribution in [2.75, 3.05) is 11.9 Å². The Morgan fingerprint density at radius 3 is 2.39 bits per heavy atom. The molecular weight excluding hydrogens is 310 g/mol. The molecule has 1 aromatic rings. The lowest BCUT2D eigenvalue weighted by atomic mass is 10.1. The van der Waals surface area contributed by atoms with Crippen LogP contribution in [-0.2, 0) is 0 Å². The molecule has 0 saturated heterocycles. The van der Waals surface area contributed by atoms with E-state index in [1.165, 1.54) is 44.9 Å². The summed E-state index contributed by atoms with van der Waals surface area (Å²) in [5.74, 6) is 0. The molecule has 1 nitrogen and oxygen atoms in total. The van der Waals surface area contributed by atoms with Gasteiger partial charge in [-0.15, -0.1) is 0 Å². The zero-order chi connectivity index (χ0) is 13.2. The molecule has 0 aliphatic heterocycles. The highest BCUT2D eigenvalue weighted by Crippen LogP contribution is 2.25. The molecule has 0 bridgehead atoms. The van der Waals surface area contributed by atoms with Crippen LogP contribution in [0, 0.1) is 0 Å². The van der Waals surface area contributed by atoms with Crippen molar-refractivity contribution in [3.05, 3.63) is 27.7 Å². The number of anilines is 1. The Kier molecular flexibility index (Phi) is 8.53. The van der Waals surface area contributed by atoms with Gasteiger partial charge in [-0.25, -0.2) is 0 Å². The first-order valence-electron chi connectivity index (χ1n) is 6.93. The maximum atomic E-state index is 6.13. The molecule has 0 heterocycles.